The summed E-state index contributed by atoms with van der Waals surface area (Å²) >= 11 is 0. The van der Waals surface area contributed by atoms with E-state index in [1.54, 1.807) is 30.9 Å². The molecule has 0 aromatic heterocycles. The number of carbonyl (C=O) groups is 1. The highest BCUT2D eigenvalue weighted by Gasteiger charge is 2.29. The average molecular weight is 362 g/mol. The Balaban J connectivity index is 0.00000264. The minimum Gasteiger partial charge on any atom is -0.398 e. The summed E-state index contributed by atoms with van der Waals surface area (Å²) in [6.45, 7) is 4.80. The van der Waals surface area contributed by atoms with Gasteiger partial charge in [-0.05, 0) is 30.5 Å². The first-order valence-electron chi connectivity index (χ1n) is 7.56. The van der Waals surface area contributed by atoms with Gasteiger partial charge in [0.15, 0.2) is 0 Å². The maximum absolute atomic E-state index is 12.5. The highest BCUT2D eigenvalue weighted by atomic mass is 35.5. The number of nitrogens with zero attached hydrogens (tertiary/aromatic N) is 2. The minimum atomic E-state index is -3.57. The fraction of sp³-hybridized carbons (Fsp3) is 0.533. The van der Waals surface area contributed by atoms with Gasteiger partial charge in [-0.25, -0.2) is 12.7 Å². The third kappa shape index (κ3) is 4.16. The van der Waals surface area contributed by atoms with Gasteiger partial charge in [-0.1, -0.05) is 19.9 Å². The molecule has 0 radical (unpaired) electrons. The Hall–Kier alpha value is -1.31. The minimum absolute atomic E-state index is 0. The fourth-order valence-corrected chi connectivity index (χ4v) is 4.29. The van der Waals surface area contributed by atoms with Gasteiger partial charge < -0.3 is 10.6 Å². The van der Waals surface area contributed by atoms with E-state index in [1.807, 2.05) is 6.07 Å². The van der Waals surface area contributed by atoms with Gasteiger partial charge in [0.1, 0.15) is 5.75 Å². The third-order valence-electron chi connectivity index (χ3n) is 3.99. The lowest BCUT2D eigenvalue weighted by molar-refractivity contribution is -0.116. The van der Waals surface area contributed by atoms with Crippen LogP contribution in [0.15, 0.2) is 18.2 Å². The van der Waals surface area contributed by atoms with Gasteiger partial charge in [0.25, 0.3) is 0 Å². The van der Waals surface area contributed by atoms with E-state index in [2.05, 4.69) is 0 Å². The van der Waals surface area contributed by atoms with Gasteiger partial charge in [-0.2, -0.15) is 0 Å². The van der Waals surface area contributed by atoms with Crippen LogP contribution in [0.4, 0.5) is 11.4 Å². The molecule has 0 saturated heterocycles. The van der Waals surface area contributed by atoms with Crippen LogP contribution in [-0.4, -0.2) is 44.0 Å². The summed E-state index contributed by atoms with van der Waals surface area (Å²) in [6.07, 6.45) is 1.60. The summed E-state index contributed by atoms with van der Waals surface area (Å²) in [5.41, 5.74) is 8.29. The molecular weight excluding hydrogens is 338 g/mol. The van der Waals surface area contributed by atoms with Crippen molar-refractivity contribution in [3.8, 4) is 0 Å². The zero-order chi connectivity index (χ0) is 16.3. The quantitative estimate of drug-likeness (QED) is 0.808. The number of amides is 1. The molecule has 8 heteroatoms. The highest BCUT2D eigenvalue weighted by Crippen LogP contribution is 2.31. The number of hydrogen-bond acceptors (Lipinski definition) is 4. The topological polar surface area (TPSA) is 83.7 Å². The number of rotatable bonds is 5. The number of anilines is 2. The van der Waals surface area contributed by atoms with Crippen molar-refractivity contribution in [1.29, 1.82) is 0 Å². The summed E-state index contributed by atoms with van der Waals surface area (Å²) in [5, 5.41) is 0. The van der Waals surface area contributed by atoms with Crippen molar-refractivity contribution < 1.29 is 13.2 Å². The Labute approximate surface area is 144 Å². The first-order valence-corrected chi connectivity index (χ1v) is 9.17. The number of nitrogens with two attached hydrogens (primary N) is 1. The molecular formula is C15H24ClN3O3S. The molecule has 1 aliphatic rings. The molecule has 0 fully saturated rings. The largest absolute Gasteiger partial charge is 0.398 e. The molecule has 1 aliphatic heterocycles. The van der Waals surface area contributed by atoms with Crippen LogP contribution in [0, 0.1) is 0 Å². The van der Waals surface area contributed by atoms with Crippen molar-refractivity contribution in [2.45, 2.75) is 26.7 Å². The summed E-state index contributed by atoms with van der Waals surface area (Å²) in [4.78, 5) is 14.1. The molecule has 2 N–H and O–H groups in total. The molecule has 0 unspecified atom stereocenters. The molecule has 6 nitrogen and oxygen atoms in total. The van der Waals surface area contributed by atoms with Crippen LogP contribution in [0.1, 0.15) is 25.8 Å². The normalized spacial score (nSPS) is 14.3. The highest BCUT2D eigenvalue weighted by molar-refractivity contribution is 7.89. The molecule has 0 atom stereocenters. The third-order valence-corrected chi connectivity index (χ3v) is 5.91. The van der Waals surface area contributed by atoms with Crippen molar-refractivity contribution in [1.82, 2.24) is 4.31 Å². The molecule has 1 aromatic carbocycles. The molecule has 0 bridgehead atoms. The second-order valence-electron chi connectivity index (χ2n) is 5.33. The van der Waals surface area contributed by atoms with E-state index in [0.717, 1.165) is 24.1 Å². The molecule has 2 rings (SSSR count). The van der Waals surface area contributed by atoms with Gasteiger partial charge in [-0.15, -0.1) is 12.4 Å². The predicted molar refractivity (Wildman–Crippen MR) is 95.5 cm³/mol. The number of hydrogen-bond donors (Lipinski definition) is 1. The van der Waals surface area contributed by atoms with E-state index < -0.39 is 21.7 Å². The predicted octanol–water partition coefficient (Wildman–Crippen LogP) is 1.64. The van der Waals surface area contributed by atoms with Gasteiger partial charge in [0, 0.05) is 31.0 Å². The number of sulfonamides is 1. The van der Waals surface area contributed by atoms with E-state index in [4.69, 9.17) is 5.73 Å². The fourth-order valence-electron chi connectivity index (χ4n) is 2.85. The summed E-state index contributed by atoms with van der Waals surface area (Å²) in [6, 6.07) is 5.42. The maximum atomic E-state index is 12.5. The standard InChI is InChI=1S/C15H23N3O3S.ClH/c1-3-17(4-2)22(20,21)11-15(19)18-10-6-7-12-13(16)8-5-9-14(12)18;/h5,8-9H,3-4,6-7,10-11,16H2,1-2H3;1H. The summed E-state index contributed by atoms with van der Waals surface area (Å²) < 4.78 is 25.9. The van der Waals surface area contributed by atoms with E-state index >= 15 is 0 Å². The molecule has 0 aliphatic carbocycles. The van der Waals surface area contributed by atoms with E-state index in [9.17, 15) is 13.2 Å². The Bertz CT molecular complexity index is 660. The van der Waals surface area contributed by atoms with Gasteiger partial charge in [-0.3, -0.25) is 4.79 Å². The molecule has 1 aromatic rings. The first kappa shape index (κ1) is 19.7. The van der Waals surface area contributed by atoms with Crippen LogP contribution < -0.4 is 10.6 Å². The van der Waals surface area contributed by atoms with Gasteiger partial charge >= 0.3 is 0 Å². The smallest absolute Gasteiger partial charge is 0.243 e. The molecule has 0 saturated carbocycles. The van der Waals surface area contributed by atoms with Crippen molar-refractivity contribution in [2.75, 3.05) is 36.0 Å². The zero-order valence-electron chi connectivity index (χ0n) is 13.5. The second-order valence-corrected chi connectivity index (χ2v) is 7.30. The van der Waals surface area contributed by atoms with Gasteiger partial charge in [0.05, 0.1) is 0 Å². The monoisotopic (exact) mass is 361 g/mol. The number of halogens is 1. The Morgan fingerprint density at radius 1 is 1.30 bits per heavy atom. The molecule has 0 spiro atoms. The number of fused-ring (bicyclic) bond motifs is 1. The van der Waals surface area contributed by atoms with E-state index in [-0.39, 0.29) is 12.4 Å². The van der Waals surface area contributed by atoms with Crippen LogP contribution in [0.3, 0.4) is 0 Å². The van der Waals surface area contributed by atoms with Crippen LogP contribution in [-0.2, 0) is 21.2 Å². The first-order chi connectivity index (χ1) is 10.4. The zero-order valence-corrected chi connectivity index (χ0v) is 15.1. The maximum Gasteiger partial charge on any atom is 0.243 e. The SMILES string of the molecule is CCN(CC)S(=O)(=O)CC(=O)N1CCCc2c(N)cccc21.Cl. The molecule has 1 heterocycles. The summed E-state index contributed by atoms with van der Waals surface area (Å²) in [7, 11) is -3.57. The lowest BCUT2D eigenvalue weighted by Crippen LogP contribution is -2.43. The number of nitrogen functional groups attached to an aromatic ring is 1. The Morgan fingerprint density at radius 3 is 2.57 bits per heavy atom. The second kappa shape index (κ2) is 7.99. The van der Waals surface area contributed by atoms with Crippen LogP contribution in [0.25, 0.3) is 0 Å². The van der Waals surface area contributed by atoms with Crippen LogP contribution >= 0.6 is 12.4 Å². The van der Waals surface area contributed by atoms with Crippen LogP contribution in [0.5, 0.6) is 0 Å². The molecule has 23 heavy (non-hydrogen) atoms. The lowest BCUT2D eigenvalue weighted by atomic mass is 10.00. The number of carbonyl (C=O) groups excluding carboxylic acids is 1. The Morgan fingerprint density at radius 2 is 1.96 bits per heavy atom. The van der Waals surface area contributed by atoms with Crippen molar-refractivity contribution in [3.05, 3.63) is 23.8 Å². The average Bonchev–Trinajstić information content (AvgIpc) is 2.47. The van der Waals surface area contributed by atoms with E-state index in [0.29, 0.717) is 25.3 Å². The Kier molecular flexibility index (Phi) is 6.85. The van der Waals surface area contributed by atoms with Crippen LogP contribution in [0.2, 0.25) is 0 Å². The van der Waals surface area contributed by atoms with Crippen molar-refractivity contribution in [3.63, 3.8) is 0 Å². The van der Waals surface area contributed by atoms with Crippen molar-refractivity contribution in [2.24, 2.45) is 0 Å². The molecule has 1 amide bonds. The lowest BCUT2D eigenvalue weighted by Gasteiger charge is -2.31. The van der Waals surface area contributed by atoms with Gasteiger partial charge in [0.2, 0.25) is 15.9 Å². The van der Waals surface area contributed by atoms with E-state index in [1.165, 1.54) is 4.31 Å². The number of benzene rings is 1. The molecule has 130 valence electrons. The van der Waals surface area contributed by atoms with Crippen molar-refractivity contribution >= 4 is 39.7 Å². The summed E-state index contributed by atoms with van der Waals surface area (Å²) in [5.74, 6) is -0.887.